The van der Waals surface area contributed by atoms with Crippen molar-refractivity contribution in [1.82, 2.24) is 5.32 Å². The number of benzene rings is 2. The molecule has 0 bridgehead atoms. The summed E-state index contributed by atoms with van der Waals surface area (Å²) in [5.41, 5.74) is 1.70. The molecule has 2 rings (SSSR count). The summed E-state index contributed by atoms with van der Waals surface area (Å²) in [6, 6.07) is 15.0. The fourth-order valence-corrected chi connectivity index (χ4v) is 2.32. The smallest absolute Gasteiger partial charge is 0.251 e. The molecule has 0 fully saturated rings. The third kappa shape index (κ3) is 3.85. The van der Waals surface area contributed by atoms with E-state index in [2.05, 4.69) is 33.9 Å². The van der Waals surface area contributed by atoms with Crippen LogP contribution in [0.25, 0.3) is 0 Å². The first kappa shape index (κ1) is 14.2. The summed E-state index contributed by atoms with van der Waals surface area (Å²) in [4.78, 5) is 12.9. The van der Waals surface area contributed by atoms with E-state index in [9.17, 15) is 4.79 Å². The van der Waals surface area contributed by atoms with Gasteiger partial charge in [0.2, 0.25) is 0 Å². The third-order valence-corrected chi connectivity index (χ3v) is 3.62. The predicted octanol–water partition coefficient (Wildman–Crippen LogP) is 4.23. The highest BCUT2D eigenvalue weighted by Gasteiger charge is 2.11. The Labute approximate surface area is 126 Å². The van der Waals surface area contributed by atoms with Crippen molar-refractivity contribution >= 4 is 34.5 Å². The predicted molar refractivity (Wildman–Crippen MR) is 83.7 cm³/mol. The third-order valence-electron chi connectivity index (χ3n) is 2.83. The van der Waals surface area contributed by atoms with Crippen molar-refractivity contribution in [3.63, 3.8) is 0 Å². The van der Waals surface area contributed by atoms with Crippen LogP contribution >= 0.6 is 28.6 Å². The van der Waals surface area contributed by atoms with Crippen LogP contribution in [0.2, 0.25) is 0 Å². The Morgan fingerprint density at radius 3 is 2.53 bits per heavy atom. The molecule has 0 aromatic heterocycles. The molecule has 98 valence electrons. The van der Waals surface area contributed by atoms with E-state index in [1.807, 2.05) is 43.3 Å². The fourth-order valence-electron chi connectivity index (χ4n) is 1.75. The topological polar surface area (TPSA) is 29.1 Å². The molecule has 0 heterocycles. The maximum atomic E-state index is 12.1. The molecule has 0 saturated carbocycles. The average molecular weight is 336 g/mol. The Hall–Kier alpha value is -1.26. The minimum atomic E-state index is -0.0826. The number of carbonyl (C=O) groups is 1. The van der Waals surface area contributed by atoms with Gasteiger partial charge in [-0.2, -0.15) is 0 Å². The molecule has 0 spiro atoms. The number of halogens is 1. The van der Waals surface area contributed by atoms with Gasteiger partial charge in [-0.1, -0.05) is 28.1 Å². The molecule has 0 aliphatic heterocycles. The van der Waals surface area contributed by atoms with E-state index in [1.54, 1.807) is 12.1 Å². The van der Waals surface area contributed by atoms with Gasteiger partial charge in [0.25, 0.3) is 5.91 Å². The molecule has 0 radical (unpaired) electrons. The minimum absolute atomic E-state index is 0.0410. The summed E-state index contributed by atoms with van der Waals surface area (Å²) in [6.45, 7) is 1.96. The van der Waals surface area contributed by atoms with Crippen molar-refractivity contribution in [2.75, 3.05) is 0 Å². The van der Waals surface area contributed by atoms with E-state index in [4.69, 9.17) is 0 Å². The van der Waals surface area contributed by atoms with Gasteiger partial charge in [-0.05, 0) is 48.9 Å². The molecule has 0 aliphatic carbocycles. The Balaban J connectivity index is 2.08. The molecule has 0 aliphatic rings. The number of thiol groups is 1. The lowest BCUT2D eigenvalue weighted by atomic mass is 10.1. The molecule has 2 nitrogen and oxygen atoms in total. The zero-order valence-electron chi connectivity index (χ0n) is 10.4. The van der Waals surface area contributed by atoms with E-state index in [1.165, 1.54) is 0 Å². The van der Waals surface area contributed by atoms with Gasteiger partial charge >= 0.3 is 0 Å². The largest absolute Gasteiger partial charge is 0.346 e. The SMILES string of the molecule is CC(NC(=O)c1ccc(S)cc1)c1cccc(Br)c1. The first-order valence-electron chi connectivity index (χ1n) is 5.91. The highest BCUT2D eigenvalue weighted by Crippen LogP contribution is 2.18. The van der Waals surface area contributed by atoms with Gasteiger partial charge < -0.3 is 5.32 Å². The second-order valence-corrected chi connectivity index (χ2v) is 5.73. The molecule has 0 saturated heterocycles. The lowest BCUT2D eigenvalue weighted by Gasteiger charge is -2.14. The molecule has 1 N–H and O–H groups in total. The van der Waals surface area contributed by atoms with Crippen molar-refractivity contribution in [2.45, 2.75) is 17.9 Å². The summed E-state index contributed by atoms with van der Waals surface area (Å²) in [5.74, 6) is -0.0826. The Morgan fingerprint density at radius 2 is 1.89 bits per heavy atom. The van der Waals surface area contributed by atoms with Crippen LogP contribution < -0.4 is 5.32 Å². The first-order valence-corrected chi connectivity index (χ1v) is 7.15. The quantitative estimate of drug-likeness (QED) is 0.807. The number of hydrogen-bond donors (Lipinski definition) is 2. The van der Waals surface area contributed by atoms with Crippen molar-refractivity contribution < 1.29 is 4.79 Å². The normalized spacial score (nSPS) is 11.9. The molecule has 1 amide bonds. The van der Waals surface area contributed by atoms with Crippen LogP contribution in [0.5, 0.6) is 0 Å². The van der Waals surface area contributed by atoms with Crippen LogP contribution in [0.3, 0.4) is 0 Å². The Bertz CT molecular complexity index is 583. The second kappa shape index (κ2) is 6.26. The van der Waals surface area contributed by atoms with Crippen molar-refractivity contribution in [2.24, 2.45) is 0 Å². The summed E-state index contributed by atoms with van der Waals surface area (Å²) in [6.07, 6.45) is 0. The molecule has 1 atom stereocenters. The highest BCUT2D eigenvalue weighted by atomic mass is 79.9. The summed E-state index contributed by atoms with van der Waals surface area (Å²) in [5, 5.41) is 2.97. The molecular formula is C15H14BrNOS. The van der Waals surface area contributed by atoms with Crippen molar-refractivity contribution in [1.29, 1.82) is 0 Å². The van der Waals surface area contributed by atoms with E-state index in [0.717, 1.165) is 14.9 Å². The minimum Gasteiger partial charge on any atom is -0.346 e. The highest BCUT2D eigenvalue weighted by molar-refractivity contribution is 9.10. The number of amides is 1. The Kier molecular flexibility index (Phi) is 4.66. The van der Waals surface area contributed by atoms with Crippen LogP contribution in [0, 0.1) is 0 Å². The van der Waals surface area contributed by atoms with E-state index < -0.39 is 0 Å². The molecule has 1 unspecified atom stereocenters. The van der Waals surface area contributed by atoms with Gasteiger partial charge in [0.1, 0.15) is 0 Å². The van der Waals surface area contributed by atoms with E-state index in [0.29, 0.717) is 5.56 Å². The maximum Gasteiger partial charge on any atom is 0.251 e. The van der Waals surface area contributed by atoms with Gasteiger partial charge in [0.05, 0.1) is 6.04 Å². The number of carbonyl (C=O) groups excluding carboxylic acids is 1. The van der Waals surface area contributed by atoms with Crippen molar-refractivity contribution in [3.05, 3.63) is 64.1 Å². The second-order valence-electron chi connectivity index (χ2n) is 4.30. The van der Waals surface area contributed by atoms with Gasteiger partial charge in [-0.3, -0.25) is 4.79 Å². The average Bonchev–Trinajstić information content (AvgIpc) is 2.39. The van der Waals surface area contributed by atoms with E-state index >= 15 is 0 Å². The van der Waals surface area contributed by atoms with E-state index in [-0.39, 0.29) is 11.9 Å². The molecule has 19 heavy (non-hydrogen) atoms. The summed E-state index contributed by atoms with van der Waals surface area (Å²) < 4.78 is 1.01. The summed E-state index contributed by atoms with van der Waals surface area (Å²) in [7, 11) is 0. The monoisotopic (exact) mass is 335 g/mol. The van der Waals surface area contributed by atoms with Crippen LogP contribution in [-0.2, 0) is 0 Å². The molecule has 2 aromatic carbocycles. The molecule has 4 heteroatoms. The number of hydrogen-bond acceptors (Lipinski definition) is 2. The van der Waals surface area contributed by atoms with Crippen LogP contribution in [0.4, 0.5) is 0 Å². The van der Waals surface area contributed by atoms with Gasteiger partial charge in [-0.15, -0.1) is 12.6 Å². The van der Waals surface area contributed by atoms with Crippen LogP contribution in [-0.4, -0.2) is 5.91 Å². The number of nitrogens with one attached hydrogen (secondary N) is 1. The van der Waals surface area contributed by atoms with Crippen molar-refractivity contribution in [3.8, 4) is 0 Å². The first-order chi connectivity index (χ1) is 9.06. The Morgan fingerprint density at radius 1 is 1.21 bits per heavy atom. The fraction of sp³-hybridized carbons (Fsp3) is 0.133. The zero-order valence-corrected chi connectivity index (χ0v) is 12.9. The molecule has 2 aromatic rings. The number of rotatable bonds is 3. The summed E-state index contributed by atoms with van der Waals surface area (Å²) >= 11 is 7.63. The van der Waals surface area contributed by atoms with Gasteiger partial charge in [0.15, 0.2) is 0 Å². The lowest BCUT2D eigenvalue weighted by molar-refractivity contribution is 0.0940. The maximum absolute atomic E-state index is 12.1. The molecular weight excluding hydrogens is 322 g/mol. The zero-order chi connectivity index (χ0) is 13.8. The van der Waals surface area contributed by atoms with Gasteiger partial charge in [0, 0.05) is 14.9 Å². The van der Waals surface area contributed by atoms with Gasteiger partial charge in [-0.25, -0.2) is 0 Å². The van der Waals surface area contributed by atoms with Crippen LogP contribution in [0.15, 0.2) is 57.9 Å². The standard InChI is InChI=1S/C15H14BrNOS/c1-10(12-3-2-4-13(16)9-12)17-15(18)11-5-7-14(19)8-6-11/h2-10,19H,1H3,(H,17,18). The lowest BCUT2D eigenvalue weighted by Crippen LogP contribution is -2.26. The van der Waals surface area contributed by atoms with Crippen LogP contribution in [0.1, 0.15) is 28.9 Å².